The van der Waals surface area contributed by atoms with E-state index in [1.807, 2.05) is 30.3 Å². The number of nitrogens with zero attached hydrogens (tertiary/aromatic N) is 3. The second kappa shape index (κ2) is 18.5. The number of carbonyl (C=O) groups excluding carboxylic acids is 1. The monoisotopic (exact) mass is 691 g/mol. The molecule has 3 N–H and O–H groups in total. The van der Waals surface area contributed by atoms with Gasteiger partial charge in [-0.05, 0) is 62.5 Å². The highest BCUT2D eigenvalue weighted by atomic mass is 32.1. The highest BCUT2D eigenvalue weighted by molar-refractivity contribution is 7.59. The number of aliphatic hydroxyl groups is 1. The van der Waals surface area contributed by atoms with Gasteiger partial charge in [0.15, 0.2) is 5.13 Å². The molecule has 1 aliphatic carbocycles. The Bertz CT molecular complexity index is 1340. The highest BCUT2D eigenvalue weighted by Gasteiger charge is 2.42. The largest absolute Gasteiger partial charge is 0.443 e. The first-order valence-electron chi connectivity index (χ1n) is 16.0. The van der Waals surface area contributed by atoms with E-state index in [0.29, 0.717) is 32.0 Å². The van der Waals surface area contributed by atoms with Gasteiger partial charge in [0.1, 0.15) is 6.10 Å². The van der Waals surface area contributed by atoms with E-state index in [2.05, 4.69) is 66.6 Å². The number of aliphatic hydroxyl groups excluding tert-OH is 1. The van der Waals surface area contributed by atoms with E-state index < -0.39 is 18.2 Å². The van der Waals surface area contributed by atoms with Crippen LogP contribution in [-0.4, -0.2) is 97.2 Å². The van der Waals surface area contributed by atoms with Crippen LogP contribution in [0.4, 0.5) is 9.93 Å². The molecule has 1 saturated carbocycles. The van der Waals surface area contributed by atoms with Gasteiger partial charge in [0, 0.05) is 38.6 Å². The van der Waals surface area contributed by atoms with Gasteiger partial charge < -0.3 is 30.1 Å². The van der Waals surface area contributed by atoms with Gasteiger partial charge in [-0.25, -0.2) is 9.78 Å². The third kappa shape index (κ3) is 11.0. The summed E-state index contributed by atoms with van der Waals surface area (Å²) in [5.74, 6) is 0.689. The van der Waals surface area contributed by atoms with E-state index in [1.54, 1.807) is 11.3 Å². The maximum atomic E-state index is 13.1. The fourth-order valence-corrected chi connectivity index (χ4v) is 7.38. The quantitative estimate of drug-likeness (QED) is 0.200. The number of carbonyl (C=O) groups is 1. The third-order valence-electron chi connectivity index (χ3n) is 8.54. The molecule has 1 aliphatic heterocycles. The van der Waals surface area contributed by atoms with Crippen molar-refractivity contribution in [3.05, 3.63) is 59.7 Å². The van der Waals surface area contributed by atoms with Crippen molar-refractivity contribution in [2.75, 3.05) is 52.2 Å². The first kappa shape index (κ1) is 38.4. The number of likely N-dealkylation sites (N-methyl/N-ethyl adjacent to an activating group) is 1. The van der Waals surface area contributed by atoms with E-state index >= 15 is 0 Å². The van der Waals surface area contributed by atoms with Crippen LogP contribution in [0.3, 0.4) is 0 Å². The molecule has 0 bridgehead atoms. The van der Waals surface area contributed by atoms with Crippen LogP contribution in [0.15, 0.2) is 48.5 Å². The van der Waals surface area contributed by atoms with E-state index in [9.17, 15) is 9.90 Å². The molecule has 0 spiro atoms. The van der Waals surface area contributed by atoms with Crippen molar-refractivity contribution in [1.82, 2.24) is 20.1 Å². The third-order valence-corrected chi connectivity index (χ3v) is 9.52. The minimum absolute atomic E-state index is 0. The highest BCUT2D eigenvalue weighted by Crippen LogP contribution is 2.37. The lowest BCUT2D eigenvalue weighted by Gasteiger charge is -2.31. The molecule has 3 aromatic rings. The lowest BCUT2D eigenvalue weighted by atomic mass is 10.00. The second-order valence-corrected chi connectivity index (χ2v) is 14.1. The summed E-state index contributed by atoms with van der Waals surface area (Å²) in [6, 6.07) is 15.9. The Kier molecular flexibility index (Phi) is 15.4. The molecule has 1 amide bonds. The van der Waals surface area contributed by atoms with Crippen LogP contribution < -0.4 is 10.6 Å². The van der Waals surface area contributed by atoms with Crippen LogP contribution in [0.5, 0.6) is 0 Å². The molecule has 2 heterocycles. The van der Waals surface area contributed by atoms with Gasteiger partial charge >= 0.3 is 6.09 Å². The average molecular weight is 692 g/mol. The SMILES string of the molecule is CC(C)CN(Cc1ccc2nc(NCCN(C)C)sc2c1)CC(O)C(Cc1ccccc1)NC(=O)OC1COC2CCCC21.S.S. The van der Waals surface area contributed by atoms with Crippen molar-refractivity contribution >= 4 is 59.8 Å². The standard InChI is InChI=1S/C34H49N5O4S.2H2S/c1-23(2)19-39(20-25-13-14-27-32(18-25)44-33(36-27)35-15-16-38(3)4)21-29(40)28(17-24-9-6-5-7-10-24)37-34(41)43-31-22-42-30-12-8-11-26(30)31;;/h5-7,9-10,13-14,18,23,26,28-31,40H,8,11-12,15-17,19-22H2,1-4H3,(H,35,36)(H,37,41);2*1H2. The van der Waals surface area contributed by atoms with Crippen LogP contribution in [0.2, 0.25) is 0 Å². The first-order valence-corrected chi connectivity index (χ1v) is 16.9. The van der Waals surface area contributed by atoms with Gasteiger partial charge in [-0.15, -0.1) is 0 Å². The molecule has 5 rings (SSSR count). The van der Waals surface area contributed by atoms with Gasteiger partial charge in [0.05, 0.1) is 35.1 Å². The topological polar surface area (TPSA) is 99.2 Å². The fourth-order valence-electron chi connectivity index (χ4n) is 6.42. The summed E-state index contributed by atoms with van der Waals surface area (Å²) in [6.45, 7) is 8.56. The minimum atomic E-state index is -0.791. The molecule has 46 heavy (non-hydrogen) atoms. The van der Waals surface area contributed by atoms with Gasteiger partial charge in [-0.3, -0.25) is 4.90 Å². The van der Waals surface area contributed by atoms with Gasteiger partial charge in [-0.1, -0.05) is 68.0 Å². The minimum Gasteiger partial charge on any atom is -0.443 e. The molecule has 256 valence electrons. The van der Waals surface area contributed by atoms with Crippen molar-refractivity contribution < 1.29 is 19.4 Å². The summed E-state index contributed by atoms with van der Waals surface area (Å²) >= 11 is 1.67. The van der Waals surface area contributed by atoms with Crippen LogP contribution >= 0.6 is 38.3 Å². The number of nitrogens with one attached hydrogen (secondary N) is 2. The molecule has 0 radical (unpaired) electrons. The van der Waals surface area contributed by atoms with Crippen molar-refractivity contribution in [3.63, 3.8) is 0 Å². The normalized spacial score (nSPS) is 20.3. The Morgan fingerprint density at radius 1 is 1.11 bits per heavy atom. The van der Waals surface area contributed by atoms with Crippen LogP contribution in [0.1, 0.15) is 44.2 Å². The van der Waals surface area contributed by atoms with E-state index in [0.717, 1.165) is 59.8 Å². The number of aromatic nitrogens is 1. The predicted molar refractivity (Wildman–Crippen MR) is 198 cm³/mol. The predicted octanol–water partition coefficient (Wildman–Crippen LogP) is 5.22. The van der Waals surface area contributed by atoms with Gasteiger partial charge in [0.25, 0.3) is 0 Å². The van der Waals surface area contributed by atoms with Crippen molar-refractivity contribution in [2.45, 2.75) is 70.4 Å². The summed E-state index contributed by atoms with van der Waals surface area (Å²) in [4.78, 5) is 22.3. The van der Waals surface area contributed by atoms with Crippen molar-refractivity contribution in [1.29, 1.82) is 0 Å². The Hall–Kier alpha value is -2.06. The lowest BCUT2D eigenvalue weighted by Crippen LogP contribution is -2.50. The van der Waals surface area contributed by atoms with Gasteiger partial charge in [0.2, 0.25) is 0 Å². The molecule has 9 nitrogen and oxygen atoms in total. The average Bonchev–Trinajstić information content (AvgIpc) is 3.70. The van der Waals surface area contributed by atoms with E-state index in [4.69, 9.17) is 14.5 Å². The first-order chi connectivity index (χ1) is 21.2. The maximum Gasteiger partial charge on any atom is 0.407 e. The van der Waals surface area contributed by atoms with Crippen LogP contribution in [0, 0.1) is 11.8 Å². The molecule has 1 saturated heterocycles. The molecule has 5 atom stereocenters. The number of amides is 1. The number of benzene rings is 2. The number of ether oxygens (including phenoxy) is 2. The Labute approximate surface area is 292 Å². The molecule has 2 aliphatic rings. The Morgan fingerprint density at radius 3 is 2.63 bits per heavy atom. The van der Waals surface area contributed by atoms with E-state index in [1.165, 1.54) is 5.56 Å². The number of hydrogen-bond acceptors (Lipinski definition) is 9. The molecule has 1 aromatic heterocycles. The number of alkyl carbamates (subject to hydrolysis) is 1. The number of hydrogen-bond donors (Lipinski definition) is 3. The van der Waals surface area contributed by atoms with Gasteiger partial charge in [-0.2, -0.15) is 27.0 Å². The number of fused-ring (bicyclic) bond motifs is 2. The van der Waals surface area contributed by atoms with Crippen LogP contribution in [-0.2, 0) is 22.4 Å². The molecule has 2 fully saturated rings. The summed E-state index contributed by atoms with van der Waals surface area (Å²) < 4.78 is 12.9. The molecule has 12 heteroatoms. The summed E-state index contributed by atoms with van der Waals surface area (Å²) in [7, 11) is 4.13. The van der Waals surface area contributed by atoms with E-state index in [-0.39, 0.29) is 45.1 Å². The molecule has 2 aromatic carbocycles. The summed E-state index contributed by atoms with van der Waals surface area (Å²) in [5.41, 5.74) is 3.22. The second-order valence-electron chi connectivity index (χ2n) is 13.1. The number of rotatable bonds is 15. The fraction of sp³-hybridized carbons (Fsp3) is 0.588. The lowest BCUT2D eigenvalue weighted by molar-refractivity contribution is 0.0450. The maximum absolute atomic E-state index is 13.1. The van der Waals surface area contributed by atoms with Crippen molar-refractivity contribution in [3.8, 4) is 0 Å². The molecular weight excluding hydrogens is 639 g/mol. The smallest absolute Gasteiger partial charge is 0.407 e. The summed E-state index contributed by atoms with van der Waals surface area (Å²) in [6.07, 6.45) is 2.41. The zero-order valence-electron chi connectivity index (χ0n) is 27.6. The zero-order valence-corrected chi connectivity index (χ0v) is 30.4. The molecule has 5 unspecified atom stereocenters. The summed E-state index contributed by atoms with van der Waals surface area (Å²) in [5, 5.41) is 19.0. The Morgan fingerprint density at radius 2 is 1.89 bits per heavy atom. The van der Waals surface area contributed by atoms with Crippen LogP contribution in [0.25, 0.3) is 10.2 Å². The number of anilines is 1. The number of thiazole rings is 1. The Balaban J connectivity index is 0.00000288. The zero-order chi connectivity index (χ0) is 31.1. The van der Waals surface area contributed by atoms with Crippen molar-refractivity contribution in [2.24, 2.45) is 11.8 Å². The molecular formula is C34H53N5O4S3.